The molecule has 2 aromatic rings. The van der Waals surface area contributed by atoms with Crippen molar-refractivity contribution in [2.24, 2.45) is 17.6 Å². The van der Waals surface area contributed by atoms with Gasteiger partial charge in [-0.15, -0.1) is 0 Å². The van der Waals surface area contributed by atoms with E-state index in [-0.39, 0.29) is 52.3 Å². The number of hydrogen-bond donors (Lipinski definition) is 4. The lowest BCUT2D eigenvalue weighted by Gasteiger charge is -2.32. The minimum absolute atomic E-state index is 0.0687. The lowest BCUT2D eigenvalue weighted by atomic mass is 9.82. The summed E-state index contributed by atoms with van der Waals surface area (Å²) in [5.41, 5.74) is 9.04. The van der Waals surface area contributed by atoms with Crippen molar-refractivity contribution in [3.05, 3.63) is 57.4 Å². The number of hydrogen-bond acceptors (Lipinski definition) is 6. The van der Waals surface area contributed by atoms with E-state index in [0.717, 1.165) is 47.8 Å². The molecule has 3 unspecified atom stereocenters. The van der Waals surface area contributed by atoms with Crippen molar-refractivity contribution < 1.29 is 14.7 Å². The van der Waals surface area contributed by atoms with Crippen molar-refractivity contribution in [3.8, 4) is 0 Å². The number of nitrogens with zero attached hydrogens (tertiary/aromatic N) is 1. The summed E-state index contributed by atoms with van der Waals surface area (Å²) in [5.74, 6) is -0.466. The van der Waals surface area contributed by atoms with Crippen molar-refractivity contribution in [2.45, 2.75) is 77.4 Å². The standard InChI is InChI=1S/C29H36Cl2N4O3/c1-14(2)26(32)29(38)35-19-8-6-18(7-9-19)34-27-21-11-17(5-10-24(21)33-13-22(27)16(4)36)20-12-23(30)28(37)25(31)15(20)3/h5,10-15,18-20,26,37H,6-9,32H2,1-4H3,(H,33,34)(H,35,38)/t15?,18-,19-,20?,26?. The second-order valence-electron chi connectivity index (χ2n) is 10.9. The van der Waals surface area contributed by atoms with Gasteiger partial charge < -0.3 is 21.5 Å². The Kier molecular flexibility index (Phi) is 8.70. The van der Waals surface area contributed by atoms with Crippen LogP contribution in [-0.2, 0) is 4.79 Å². The number of allylic oxidation sites excluding steroid dienone is 3. The molecule has 0 saturated heterocycles. The van der Waals surface area contributed by atoms with Gasteiger partial charge in [0.15, 0.2) is 5.78 Å². The maximum absolute atomic E-state index is 12.6. The molecule has 1 aromatic heterocycles. The number of pyridine rings is 1. The van der Waals surface area contributed by atoms with Crippen LogP contribution < -0.4 is 16.4 Å². The van der Waals surface area contributed by atoms with E-state index in [9.17, 15) is 14.7 Å². The Balaban J connectivity index is 1.58. The second-order valence-corrected chi connectivity index (χ2v) is 11.7. The predicted molar refractivity (Wildman–Crippen MR) is 154 cm³/mol. The SMILES string of the molecule is CC(=O)c1cnc2ccc(C3C=C(Cl)C(O)=C(Cl)C3C)cc2c1N[C@H]1CC[C@H](NC(=O)C(N)C(C)C)CC1. The van der Waals surface area contributed by atoms with Crippen LogP contribution in [0.1, 0.15) is 75.2 Å². The van der Waals surface area contributed by atoms with E-state index in [1.165, 1.54) is 0 Å². The molecule has 1 heterocycles. The summed E-state index contributed by atoms with van der Waals surface area (Å²) in [4.78, 5) is 29.5. The van der Waals surface area contributed by atoms with E-state index >= 15 is 0 Å². The first kappa shape index (κ1) is 28.4. The lowest BCUT2D eigenvalue weighted by Crippen LogP contribution is -2.49. The topological polar surface area (TPSA) is 117 Å². The number of benzene rings is 1. The van der Waals surface area contributed by atoms with Gasteiger partial charge in [-0.05, 0) is 56.2 Å². The number of nitrogens with one attached hydrogen (secondary N) is 2. The summed E-state index contributed by atoms with van der Waals surface area (Å²) >= 11 is 12.6. The van der Waals surface area contributed by atoms with Gasteiger partial charge >= 0.3 is 0 Å². The summed E-state index contributed by atoms with van der Waals surface area (Å²) < 4.78 is 0. The van der Waals surface area contributed by atoms with E-state index in [0.29, 0.717) is 10.6 Å². The van der Waals surface area contributed by atoms with Gasteiger partial charge in [0.1, 0.15) is 5.76 Å². The minimum atomic E-state index is -0.507. The van der Waals surface area contributed by atoms with Gasteiger partial charge in [-0.1, -0.05) is 56.1 Å². The largest absolute Gasteiger partial charge is 0.505 e. The molecule has 0 spiro atoms. The summed E-state index contributed by atoms with van der Waals surface area (Å²) in [6.07, 6.45) is 6.79. The van der Waals surface area contributed by atoms with Crippen LogP contribution in [0.4, 0.5) is 5.69 Å². The number of aromatic nitrogens is 1. The van der Waals surface area contributed by atoms with Crippen molar-refractivity contribution in [1.29, 1.82) is 0 Å². The molecule has 3 atom stereocenters. The van der Waals surface area contributed by atoms with Crippen LogP contribution in [0.5, 0.6) is 0 Å². The summed E-state index contributed by atoms with van der Waals surface area (Å²) in [7, 11) is 0. The van der Waals surface area contributed by atoms with Crippen LogP contribution >= 0.6 is 23.2 Å². The highest BCUT2D eigenvalue weighted by atomic mass is 35.5. The molecule has 1 aromatic carbocycles. The molecule has 0 radical (unpaired) electrons. The van der Waals surface area contributed by atoms with Crippen LogP contribution in [0.15, 0.2) is 46.3 Å². The molecule has 1 amide bonds. The predicted octanol–water partition coefficient (Wildman–Crippen LogP) is 6.12. The molecule has 2 aliphatic rings. The number of anilines is 1. The molecule has 38 heavy (non-hydrogen) atoms. The molecule has 4 rings (SSSR count). The van der Waals surface area contributed by atoms with Crippen LogP contribution in [0.25, 0.3) is 10.9 Å². The van der Waals surface area contributed by atoms with E-state index in [4.69, 9.17) is 28.9 Å². The zero-order chi connectivity index (χ0) is 27.7. The number of halogens is 2. The number of amides is 1. The fourth-order valence-corrected chi connectivity index (χ4v) is 5.80. The first-order valence-corrected chi connectivity index (χ1v) is 14.0. The van der Waals surface area contributed by atoms with Crippen LogP contribution in [-0.4, -0.2) is 39.9 Å². The number of Topliss-reactive ketones (excluding diaryl/α,β-unsaturated/α-hetero) is 1. The van der Waals surface area contributed by atoms with Crippen molar-refractivity contribution in [3.63, 3.8) is 0 Å². The molecule has 7 nitrogen and oxygen atoms in total. The number of fused-ring (bicyclic) bond motifs is 1. The number of aliphatic hydroxyl groups excluding tert-OH is 1. The van der Waals surface area contributed by atoms with Crippen LogP contribution in [0.2, 0.25) is 0 Å². The third-order valence-electron chi connectivity index (χ3n) is 7.82. The quantitative estimate of drug-likeness (QED) is 0.304. The molecular formula is C29H36Cl2N4O3. The fraction of sp³-hybridized carbons (Fsp3) is 0.483. The fourth-order valence-electron chi connectivity index (χ4n) is 5.28. The zero-order valence-electron chi connectivity index (χ0n) is 22.2. The Bertz CT molecular complexity index is 1300. The first-order chi connectivity index (χ1) is 18.0. The van der Waals surface area contributed by atoms with Gasteiger partial charge in [-0.2, -0.15) is 0 Å². The Morgan fingerprint density at radius 2 is 1.79 bits per heavy atom. The van der Waals surface area contributed by atoms with Gasteiger partial charge in [0.2, 0.25) is 5.91 Å². The van der Waals surface area contributed by atoms with E-state index in [1.54, 1.807) is 13.1 Å². The lowest BCUT2D eigenvalue weighted by molar-refractivity contribution is -0.124. The van der Waals surface area contributed by atoms with Gasteiger partial charge in [0, 0.05) is 35.5 Å². The molecule has 0 aliphatic heterocycles. The third kappa shape index (κ3) is 5.85. The Morgan fingerprint density at radius 3 is 2.42 bits per heavy atom. The Hall–Kier alpha value is -2.61. The number of ketones is 1. The summed E-state index contributed by atoms with van der Waals surface area (Å²) in [6, 6.07) is 5.68. The van der Waals surface area contributed by atoms with Crippen molar-refractivity contribution >= 4 is 51.5 Å². The Morgan fingerprint density at radius 1 is 1.13 bits per heavy atom. The molecule has 0 bridgehead atoms. The van der Waals surface area contributed by atoms with E-state index < -0.39 is 6.04 Å². The Labute approximate surface area is 233 Å². The maximum atomic E-state index is 12.6. The highest BCUT2D eigenvalue weighted by molar-refractivity contribution is 6.35. The number of carbonyl (C=O) groups is 2. The molecule has 5 N–H and O–H groups in total. The van der Waals surface area contributed by atoms with Crippen molar-refractivity contribution in [1.82, 2.24) is 10.3 Å². The normalized spacial score (nSPS) is 24.8. The van der Waals surface area contributed by atoms with Crippen LogP contribution in [0.3, 0.4) is 0 Å². The third-order valence-corrected chi connectivity index (χ3v) is 8.64. The molecular weight excluding hydrogens is 523 g/mol. The smallest absolute Gasteiger partial charge is 0.237 e. The minimum Gasteiger partial charge on any atom is -0.505 e. The van der Waals surface area contributed by atoms with Gasteiger partial charge in [-0.3, -0.25) is 14.6 Å². The van der Waals surface area contributed by atoms with Crippen molar-refractivity contribution in [2.75, 3.05) is 5.32 Å². The van der Waals surface area contributed by atoms with Gasteiger partial charge in [-0.25, -0.2) is 0 Å². The van der Waals surface area contributed by atoms with Gasteiger partial charge in [0.05, 0.1) is 32.9 Å². The molecule has 1 fully saturated rings. The second kappa shape index (κ2) is 11.6. The average Bonchev–Trinajstić information content (AvgIpc) is 2.89. The number of rotatable bonds is 7. The summed E-state index contributed by atoms with van der Waals surface area (Å²) in [6.45, 7) is 7.37. The van der Waals surface area contributed by atoms with E-state index in [1.807, 2.05) is 45.0 Å². The molecule has 204 valence electrons. The van der Waals surface area contributed by atoms with E-state index in [2.05, 4.69) is 15.6 Å². The molecule has 1 saturated carbocycles. The monoisotopic (exact) mass is 558 g/mol. The number of aliphatic hydroxyl groups is 1. The molecule has 2 aliphatic carbocycles. The van der Waals surface area contributed by atoms with Crippen LogP contribution in [0, 0.1) is 11.8 Å². The maximum Gasteiger partial charge on any atom is 0.237 e. The highest BCUT2D eigenvalue weighted by Gasteiger charge is 2.30. The summed E-state index contributed by atoms with van der Waals surface area (Å²) in [5, 5.41) is 18.3. The highest BCUT2D eigenvalue weighted by Crippen LogP contribution is 2.43. The average molecular weight is 560 g/mol. The zero-order valence-corrected chi connectivity index (χ0v) is 23.7. The van der Waals surface area contributed by atoms with Gasteiger partial charge in [0.25, 0.3) is 0 Å². The number of carbonyl (C=O) groups excluding carboxylic acids is 2. The molecule has 9 heteroatoms. The first-order valence-electron chi connectivity index (χ1n) is 13.2. The number of nitrogens with two attached hydrogens (primary N) is 1.